The van der Waals surface area contributed by atoms with Crippen LogP contribution in [0.25, 0.3) is 0 Å². The Labute approximate surface area is 93.5 Å². The highest BCUT2D eigenvalue weighted by Gasteiger charge is 2.19. The van der Waals surface area contributed by atoms with E-state index < -0.39 is 10.2 Å². The van der Waals surface area contributed by atoms with E-state index in [0.717, 1.165) is 10.5 Å². The Morgan fingerprint density at radius 3 is 2.33 bits per heavy atom. The van der Waals surface area contributed by atoms with Gasteiger partial charge in [-0.15, -0.1) is 0 Å². The summed E-state index contributed by atoms with van der Waals surface area (Å²) in [6.07, 6.45) is 4.13. The molecule has 0 atom stereocenters. The third-order valence-electron chi connectivity index (χ3n) is 2.68. The van der Waals surface area contributed by atoms with E-state index >= 15 is 0 Å². The molecule has 0 saturated heterocycles. The van der Waals surface area contributed by atoms with Gasteiger partial charge in [0.2, 0.25) is 0 Å². The first-order valence-electron chi connectivity index (χ1n) is 5.10. The summed E-state index contributed by atoms with van der Waals surface area (Å²) < 4.78 is 17.4. The molecule has 0 radical (unpaired) electrons. The maximum Gasteiger partial charge on any atom is 0.139 e. The van der Waals surface area contributed by atoms with Crippen molar-refractivity contribution in [1.29, 1.82) is 0 Å². The molecule has 0 unspecified atom stereocenters. The quantitative estimate of drug-likeness (QED) is 0.836. The van der Waals surface area contributed by atoms with Crippen LogP contribution >= 0.6 is 10.2 Å². The number of nitrogens with one attached hydrogen (secondary N) is 1. The molecule has 86 valence electrons. The summed E-state index contributed by atoms with van der Waals surface area (Å²) in [5.41, 5.74) is 0.809. The first-order valence-corrected chi connectivity index (χ1v) is 7.55. The molecule has 0 aliphatic carbocycles. The van der Waals surface area contributed by atoms with Crippen LogP contribution in [0.4, 0.5) is 4.39 Å². The highest BCUT2D eigenvalue weighted by Crippen LogP contribution is 2.46. The Balaban J connectivity index is 3.27. The van der Waals surface area contributed by atoms with Crippen molar-refractivity contribution in [3.63, 3.8) is 0 Å². The number of halogens is 1. The van der Waals surface area contributed by atoms with Gasteiger partial charge in [0, 0.05) is 4.90 Å². The SMILES string of the molecule is CNS(C)(C)c1cccc(C(C)C)c1F. The monoisotopic (exact) mass is 229 g/mol. The van der Waals surface area contributed by atoms with E-state index in [1.807, 2.05) is 39.1 Å². The van der Waals surface area contributed by atoms with E-state index in [1.54, 1.807) is 0 Å². The molecular weight excluding hydrogens is 209 g/mol. The lowest BCUT2D eigenvalue weighted by Crippen LogP contribution is -2.15. The van der Waals surface area contributed by atoms with Gasteiger partial charge in [0.1, 0.15) is 5.82 Å². The summed E-state index contributed by atoms with van der Waals surface area (Å²) in [6, 6.07) is 5.70. The second kappa shape index (κ2) is 4.54. The maximum atomic E-state index is 14.2. The second-order valence-electron chi connectivity index (χ2n) is 4.34. The minimum absolute atomic E-state index is 0.0400. The van der Waals surface area contributed by atoms with Crippen LogP contribution in [0.2, 0.25) is 0 Å². The van der Waals surface area contributed by atoms with E-state index in [9.17, 15) is 4.39 Å². The molecule has 15 heavy (non-hydrogen) atoms. The second-order valence-corrected chi connectivity index (χ2v) is 7.85. The highest BCUT2D eigenvalue weighted by molar-refractivity contribution is 8.31. The summed E-state index contributed by atoms with van der Waals surface area (Å²) in [7, 11) is 0.676. The number of rotatable bonds is 3. The van der Waals surface area contributed by atoms with Crippen LogP contribution in [0.5, 0.6) is 0 Å². The minimum atomic E-state index is -1.21. The Hall–Kier alpha value is -0.540. The topological polar surface area (TPSA) is 12.0 Å². The largest absolute Gasteiger partial charge is 0.280 e. The average Bonchev–Trinajstić information content (AvgIpc) is 2.17. The van der Waals surface area contributed by atoms with Crippen LogP contribution in [0.15, 0.2) is 23.1 Å². The lowest BCUT2D eigenvalue weighted by atomic mass is 10.0. The van der Waals surface area contributed by atoms with Crippen LogP contribution in [-0.2, 0) is 0 Å². The first kappa shape index (κ1) is 12.5. The van der Waals surface area contributed by atoms with Crippen molar-refractivity contribution in [1.82, 2.24) is 4.72 Å². The minimum Gasteiger partial charge on any atom is -0.280 e. The molecule has 0 bridgehead atoms. The lowest BCUT2D eigenvalue weighted by Gasteiger charge is -2.32. The molecule has 1 N–H and O–H groups in total. The molecule has 3 heteroatoms. The zero-order chi connectivity index (χ0) is 11.6. The predicted octanol–water partition coefficient (Wildman–Crippen LogP) is 3.51. The normalized spacial score (nSPS) is 13.3. The van der Waals surface area contributed by atoms with E-state index in [4.69, 9.17) is 0 Å². The van der Waals surface area contributed by atoms with Crippen molar-refractivity contribution in [3.8, 4) is 0 Å². The van der Waals surface area contributed by atoms with E-state index in [1.165, 1.54) is 0 Å². The number of benzene rings is 1. The average molecular weight is 229 g/mol. The third kappa shape index (κ3) is 2.52. The molecule has 0 spiro atoms. The van der Waals surface area contributed by atoms with Crippen molar-refractivity contribution in [3.05, 3.63) is 29.6 Å². The van der Waals surface area contributed by atoms with E-state index in [0.29, 0.717) is 0 Å². The van der Waals surface area contributed by atoms with Crippen LogP contribution in [0, 0.1) is 5.82 Å². The van der Waals surface area contributed by atoms with Gasteiger partial charge in [-0.1, -0.05) is 26.0 Å². The summed E-state index contributed by atoms with van der Waals surface area (Å²) in [6.45, 7) is 4.04. The zero-order valence-corrected chi connectivity index (χ0v) is 10.9. The van der Waals surface area contributed by atoms with Gasteiger partial charge in [0.15, 0.2) is 0 Å². The predicted molar refractivity (Wildman–Crippen MR) is 67.3 cm³/mol. The van der Waals surface area contributed by atoms with Gasteiger partial charge in [0.05, 0.1) is 0 Å². The van der Waals surface area contributed by atoms with Gasteiger partial charge in [-0.2, -0.15) is 10.2 Å². The molecule has 0 saturated carbocycles. The van der Waals surface area contributed by atoms with Crippen LogP contribution in [-0.4, -0.2) is 19.6 Å². The molecule has 0 aliphatic rings. The zero-order valence-electron chi connectivity index (χ0n) is 10.1. The van der Waals surface area contributed by atoms with Crippen LogP contribution < -0.4 is 4.72 Å². The van der Waals surface area contributed by atoms with Crippen LogP contribution in [0.3, 0.4) is 0 Å². The highest BCUT2D eigenvalue weighted by atomic mass is 32.3. The molecule has 0 fully saturated rings. The summed E-state index contributed by atoms with van der Waals surface area (Å²) in [5, 5.41) is 0. The third-order valence-corrected chi connectivity index (χ3v) is 5.11. The number of hydrogen-bond acceptors (Lipinski definition) is 1. The Morgan fingerprint density at radius 1 is 1.27 bits per heavy atom. The van der Waals surface area contributed by atoms with Gasteiger partial charge in [-0.3, -0.25) is 4.72 Å². The lowest BCUT2D eigenvalue weighted by molar-refractivity contribution is 0.572. The van der Waals surface area contributed by atoms with Crippen LogP contribution in [0.1, 0.15) is 25.3 Å². The molecular formula is C12H20FNS. The Bertz CT molecular complexity index is 347. The van der Waals surface area contributed by atoms with Gasteiger partial charge >= 0.3 is 0 Å². The van der Waals surface area contributed by atoms with Crippen molar-refractivity contribution in [2.24, 2.45) is 0 Å². The summed E-state index contributed by atoms with van der Waals surface area (Å²) >= 11 is 0. The molecule has 1 aromatic carbocycles. The van der Waals surface area contributed by atoms with E-state index in [-0.39, 0.29) is 11.7 Å². The maximum absolute atomic E-state index is 14.2. The van der Waals surface area contributed by atoms with Crippen molar-refractivity contribution in [2.45, 2.75) is 24.7 Å². The fourth-order valence-corrected chi connectivity index (χ4v) is 2.68. The molecule has 0 aliphatic heterocycles. The van der Waals surface area contributed by atoms with Crippen molar-refractivity contribution >= 4 is 10.2 Å². The molecule has 1 nitrogen and oxygen atoms in total. The van der Waals surface area contributed by atoms with Gasteiger partial charge < -0.3 is 0 Å². The summed E-state index contributed by atoms with van der Waals surface area (Å²) in [4.78, 5) is 0.816. The van der Waals surface area contributed by atoms with Gasteiger partial charge in [-0.05, 0) is 37.1 Å². The molecule has 0 amide bonds. The molecule has 1 rings (SSSR count). The Kier molecular flexibility index (Phi) is 3.79. The van der Waals surface area contributed by atoms with Gasteiger partial charge in [-0.25, -0.2) is 4.39 Å². The fraction of sp³-hybridized carbons (Fsp3) is 0.500. The number of hydrogen-bond donors (Lipinski definition) is 1. The van der Waals surface area contributed by atoms with Crippen molar-refractivity contribution in [2.75, 3.05) is 19.6 Å². The van der Waals surface area contributed by atoms with E-state index in [2.05, 4.69) is 17.2 Å². The molecule has 1 aromatic rings. The smallest absolute Gasteiger partial charge is 0.139 e. The molecule has 0 heterocycles. The standard InChI is InChI=1S/C12H20FNS/c1-9(2)10-7-6-8-11(12(10)13)15(4,5)14-3/h6-9,14H,1-5H3. The fourth-order valence-electron chi connectivity index (χ4n) is 1.48. The Morgan fingerprint density at radius 2 is 1.87 bits per heavy atom. The van der Waals surface area contributed by atoms with Crippen molar-refractivity contribution < 1.29 is 4.39 Å². The summed E-state index contributed by atoms with van der Waals surface area (Å²) in [5.74, 6) is 0.193. The van der Waals surface area contributed by atoms with Gasteiger partial charge in [0.25, 0.3) is 0 Å². The first-order chi connectivity index (χ1) is 6.90. The molecule has 0 aromatic heterocycles.